The van der Waals surface area contributed by atoms with E-state index in [4.69, 9.17) is 5.73 Å². The van der Waals surface area contributed by atoms with Crippen molar-refractivity contribution in [2.45, 2.75) is 33.2 Å². The van der Waals surface area contributed by atoms with E-state index in [0.29, 0.717) is 13.1 Å². The summed E-state index contributed by atoms with van der Waals surface area (Å²) < 4.78 is 0. The van der Waals surface area contributed by atoms with Gasteiger partial charge in [-0.3, -0.25) is 4.79 Å². The van der Waals surface area contributed by atoms with Crippen LogP contribution < -0.4 is 5.73 Å². The Morgan fingerprint density at radius 3 is 2.53 bits per heavy atom. The molecule has 0 bridgehead atoms. The number of hydrogen-bond donors (Lipinski definition) is 1. The number of nitrogens with two attached hydrogens (primary N) is 1. The number of rotatable bonds is 6. The second-order valence-corrected chi connectivity index (χ2v) is 5.26. The fraction of sp³-hybridized carbons (Fsp3) is 0.615. The first-order valence-corrected chi connectivity index (χ1v) is 7.00. The average Bonchev–Trinajstić information content (AvgIpc) is 2.84. The van der Waals surface area contributed by atoms with Gasteiger partial charge >= 0.3 is 0 Å². The second kappa shape index (κ2) is 6.17. The molecule has 0 aliphatic rings. The van der Waals surface area contributed by atoms with Gasteiger partial charge in [0.15, 0.2) is 0 Å². The Morgan fingerprint density at radius 1 is 1.47 bits per heavy atom. The van der Waals surface area contributed by atoms with Gasteiger partial charge in [0.1, 0.15) is 0 Å². The van der Waals surface area contributed by atoms with Crippen molar-refractivity contribution in [2.75, 3.05) is 13.6 Å². The number of thiophene rings is 1. The van der Waals surface area contributed by atoms with Crippen LogP contribution in [0.4, 0.5) is 0 Å². The lowest BCUT2D eigenvalue weighted by Crippen LogP contribution is -2.45. The Labute approximate surface area is 108 Å². The van der Waals surface area contributed by atoms with Crippen LogP contribution in [0.1, 0.15) is 32.3 Å². The minimum absolute atomic E-state index is 0.163. The van der Waals surface area contributed by atoms with Gasteiger partial charge in [-0.2, -0.15) is 11.3 Å². The molecule has 2 N–H and O–H groups in total. The third kappa shape index (κ3) is 3.07. The maximum Gasteiger partial charge on any atom is 0.230 e. The molecule has 0 aliphatic heterocycles. The normalized spacial score (nSPS) is 11.5. The van der Waals surface area contributed by atoms with Crippen LogP contribution in [-0.2, 0) is 11.3 Å². The van der Waals surface area contributed by atoms with Gasteiger partial charge in [0, 0.05) is 20.1 Å². The first kappa shape index (κ1) is 14.2. The van der Waals surface area contributed by atoms with Crippen LogP contribution in [0.25, 0.3) is 0 Å². The van der Waals surface area contributed by atoms with E-state index in [0.717, 1.165) is 12.8 Å². The molecule has 0 aromatic carbocycles. The lowest BCUT2D eigenvalue weighted by atomic mass is 9.81. The average molecular weight is 254 g/mol. The van der Waals surface area contributed by atoms with Crippen LogP contribution >= 0.6 is 11.3 Å². The van der Waals surface area contributed by atoms with E-state index in [1.807, 2.05) is 26.3 Å². The molecule has 0 radical (unpaired) electrons. The van der Waals surface area contributed by atoms with Gasteiger partial charge in [-0.05, 0) is 35.2 Å². The zero-order valence-corrected chi connectivity index (χ0v) is 11.7. The summed E-state index contributed by atoms with van der Waals surface area (Å²) in [7, 11) is 1.86. The molecule has 0 saturated heterocycles. The van der Waals surface area contributed by atoms with Gasteiger partial charge in [0.05, 0.1) is 5.41 Å². The summed E-state index contributed by atoms with van der Waals surface area (Å²) in [5.74, 6) is 0.163. The van der Waals surface area contributed by atoms with Crippen LogP contribution in [-0.4, -0.2) is 24.4 Å². The molecule has 1 aromatic rings. The SMILES string of the molecule is CCC(CC)(CN)C(=O)N(C)Cc1ccsc1. The lowest BCUT2D eigenvalue weighted by Gasteiger charge is -2.33. The van der Waals surface area contributed by atoms with E-state index in [9.17, 15) is 4.79 Å². The molecule has 1 aromatic heterocycles. The molecule has 0 atom stereocenters. The smallest absolute Gasteiger partial charge is 0.230 e. The van der Waals surface area contributed by atoms with E-state index in [1.54, 1.807) is 16.2 Å². The Kier molecular flexibility index (Phi) is 5.15. The predicted molar refractivity (Wildman–Crippen MR) is 72.9 cm³/mol. The van der Waals surface area contributed by atoms with Crippen molar-refractivity contribution in [3.8, 4) is 0 Å². The van der Waals surface area contributed by atoms with Gasteiger partial charge in [-0.15, -0.1) is 0 Å². The minimum atomic E-state index is -0.384. The van der Waals surface area contributed by atoms with Gasteiger partial charge in [0.25, 0.3) is 0 Å². The summed E-state index contributed by atoms with van der Waals surface area (Å²) in [5, 5.41) is 4.11. The summed E-state index contributed by atoms with van der Waals surface area (Å²) in [6.07, 6.45) is 1.60. The first-order chi connectivity index (χ1) is 8.09. The molecule has 0 spiro atoms. The van der Waals surface area contributed by atoms with E-state index in [-0.39, 0.29) is 11.3 Å². The lowest BCUT2D eigenvalue weighted by molar-refractivity contribution is -0.141. The second-order valence-electron chi connectivity index (χ2n) is 4.48. The van der Waals surface area contributed by atoms with E-state index in [1.165, 1.54) is 5.56 Å². The monoisotopic (exact) mass is 254 g/mol. The molecule has 3 nitrogen and oxygen atoms in total. The molecule has 0 unspecified atom stereocenters. The van der Waals surface area contributed by atoms with Crippen molar-refractivity contribution in [3.63, 3.8) is 0 Å². The maximum absolute atomic E-state index is 12.4. The van der Waals surface area contributed by atoms with Crippen LogP contribution in [0.5, 0.6) is 0 Å². The summed E-state index contributed by atoms with van der Waals surface area (Å²) in [6, 6.07) is 2.05. The molecular weight excluding hydrogens is 232 g/mol. The van der Waals surface area contributed by atoms with Crippen molar-refractivity contribution in [3.05, 3.63) is 22.4 Å². The molecule has 96 valence electrons. The summed E-state index contributed by atoms with van der Waals surface area (Å²) in [5.41, 5.74) is 6.60. The van der Waals surface area contributed by atoms with Gasteiger partial charge in [-0.1, -0.05) is 13.8 Å². The first-order valence-electron chi connectivity index (χ1n) is 6.06. The van der Waals surface area contributed by atoms with Crippen LogP contribution in [0.3, 0.4) is 0 Å². The maximum atomic E-state index is 12.4. The Bertz CT molecular complexity index is 336. The Balaban J connectivity index is 2.74. The summed E-state index contributed by atoms with van der Waals surface area (Å²) in [4.78, 5) is 14.2. The molecule has 1 rings (SSSR count). The molecule has 4 heteroatoms. The Hall–Kier alpha value is -0.870. The highest BCUT2D eigenvalue weighted by atomic mass is 32.1. The summed E-state index contributed by atoms with van der Waals surface area (Å²) >= 11 is 1.66. The zero-order valence-electron chi connectivity index (χ0n) is 10.9. The quantitative estimate of drug-likeness (QED) is 0.847. The van der Waals surface area contributed by atoms with E-state index < -0.39 is 0 Å². The molecule has 0 saturated carbocycles. The van der Waals surface area contributed by atoms with Crippen LogP contribution in [0.2, 0.25) is 0 Å². The fourth-order valence-electron chi connectivity index (χ4n) is 2.06. The van der Waals surface area contributed by atoms with Crippen molar-refractivity contribution in [1.29, 1.82) is 0 Å². The standard InChI is InChI=1S/C13H22N2OS/c1-4-13(5-2,10-14)12(16)15(3)8-11-6-7-17-9-11/h6-7,9H,4-5,8,10,14H2,1-3H3. The minimum Gasteiger partial charge on any atom is -0.341 e. The number of hydrogen-bond acceptors (Lipinski definition) is 3. The highest BCUT2D eigenvalue weighted by Crippen LogP contribution is 2.28. The molecule has 1 amide bonds. The third-order valence-corrected chi connectivity index (χ3v) is 4.28. The van der Waals surface area contributed by atoms with Crippen LogP contribution in [0, 0.1) is 5.41 Å². The molecule has 17 heavy (non-hydrogen) atoms. The van der Waals surface area contributed by atoms with Crippen molar-refractivity contribution in [2.24, 2.45) is 11.1 Å². The van der Waals surface area contributed by atoms with Gasteiger partial charge in [0.2, 0.25) is 5.91 Å². The topological polar surface area (TPSA) is 46.3 Å². The zero-order chi connectivity index (χ0) is 12.9. The van der Waals surface area contributed by atoms with Crippen LogP contribution in [0.15, 0.2) is 16.8 Å². The van der Waals surface area contributed by atoms with E-state index >= 15 is 0 Å². The Morgan fingerprint density at radius 2 is 2.12 bits per heavy atom. The molecule has 0 aliphatic carbocycles. The number of carbonyl (C=O) groups is 1. The highest BCUT2D eigenvalue weighted by molar-refractivity contribution is 7.07. The number of nitrogens with zero attached hydrogens (tertiary/aromatic N) is 1. The van der Waals surface area contributed by atoms with Gasteiger partial charge < -0.3 is 10.6 Å². The number of amides is 1. The van der Waals surface area contributed by atoms with Crippen molar-refractivity contribution >= 4 is 17.2 Å². The van der Waals surface area contributed by atoms with Gasteiger partial charge in [-0.25, -0.2) is 0 Å². The molecule has 0 fully saturated rings. The fourth-order valence-corrected chi connectivity index (χ4v) is 2.72. The molecule has 1 heterocycles. The van der Waals surface area contributed by atoms with E-state index in [2.05, 4.69) is 11.4 Å². The van der Waals surface area contributed by atoms with Crippen molar-refractivity contribution in [1.82, 2.24) is 4.90 Å². The summed E-state index contributed by atoms with van der Waals surface area (Å²) in [6.45, 7) is 5.16. The predicted octanol–water partition coefficient (Wildman–Crippen LogP) is 2.47. The van der Waals surface area contributed by atoms with Crippen molar-refractivity contribution < 1.29 is 4.79 Å². The highest BCUT2D eigenvalue weighted by Gasteiger charge is 2.35. The molecular formula is C13H22N2OS. The number of carbonyl (C=O) groups excluding carboxylic acids is 1. The third-order valence-electron chi connectivity index (χ3n) is 3.54. The largest absolute Gasteiger partial charge is 0.341 e.